The van der Waals surface area contributed by atoms with E-state index in [0.29, 0.717) is 11.1 Å². The minimum absolute atomic E-state index is 0.199. The lowest BCUT2D eigenvalue weighted by molar-refractivity contribution is 0.0827. The number of ether oxygens (including phenoxy) is 1. The van der Waals surface area contributed by atoms with Crippen molar-refractivity contribution in [1.82, 2.24) is 5.32 Å². The van der Waals surface area contributed by atoms with Gasteiger partial charge in [-0.05, 0) is 35.9 Å². The third-order valence-corrected chi connectivity index (χ3v) is 3.53. The molecule has 0 aliphatic carbocycles. The summed E-state index contributed by atoms with van der Waals surface area (Å²) in [6, 6.07) is 13.3. The number of amides is 1. The van der Waals surface area contributed by atoms with Crippen LogP contribution in [0.1, 0.15) is 22.0 Å². The largest absolute Gasteiger partial charge is 0.375 e. The zero-order valence-electron chi connectivity index (χ0n) is 11.5. The average Bonchev–Trinajstić information content (AvgIpc) is 2.48. The van der Waals surface area contributed by atoms with Gasteiger partial charge < -0.3 is 10.1 Å². The van der Waals surface area contributed by atoms with Gasteiger partial charge in [0, 0.05) is 23.7 Å². The van der Waals surface area contributed by atoms with Crippen molar-refractivity contribution in [1.29, 1.82) is 0 Å². The third kappa shape index (κ3) is 4.37. The topological polar surface area (TPSA) is 38.3 Å². The van der Waals surface area contributed by atoms with Gasteiger partial charge in [0.15, 0.2) is 0 Å². The fourth-order valence-corrected chi connectivity index (χ4v) is 2.36. The van der Waals surface area contributed by atoms with E-state index in [-0.39, 0.29) is 18.3 Å². The predicted molar refractivity (Wildman–Crippen MR) is 82.6 cm³/mol. The zero-order chi connectivity index (χ0) is 15.2. The van der Waals surface area contributed by atoms with Gasteiger partial charge in [-0.2, -0.15) is 0 Å². The highest BCUT2D eigenvalue weighted by Crippen LogP contribution is 2.17. The number of carbonyl (C=O) groups excluding carboxylic acids is 1. The Morgan fingerprint density at radius 1 is 1.29 bits per heavy atom. The van der Waals surface area contributed by atoms with Gasteiger partial charge in [-0.3, -0.25) is 4.79 Å². The molecule has 0 radical (unpaired) electrons. The molecular formula is C16H15BrFNO2. The number of nitrogens with one attached hydrogen (secondary N) is 1. The molecule has 3 nitrogen and oxygen atoms in total. The molecule has 0 aromatic heterocycles. The normalized spacial score (nSPS) is 12.0. The van der Waals surface area contributed by atoms with E-state index < -0.39 is 6.10 Å². The second-order valence-electron chi connectivity index (χ2n) is 4.50. The van der Waals surface area contributed by atoms with Gasteiger partial charge in [0.2, 0.25) is 0 Å². The van der Waals surface area contributed by atoms with Gasteiger partial charge in [-0.25, -0.2) is 4.39 Å². The van der Waals surface area contributed by atoms with E-state index in [1.54, 1.807) is 30.3 Å². The van der Waals surface area contributed by atoms with Crippen molar-refractivity contribution in [3.05, 3.63) is 69.9 Å². The number of halogens is 2. The van der Waals surface area contributed by atoms with Gasteiger partial charge >= 0.3 is 0 Å². The maximum Gasteiger partial charge on any atom is 0.251 e. The molecule has 1 N–H and O–H groups in total. The molecular weight excluding hydrogens is 337 g/mol. The van der Waals surface area contributed by atoms with E-state index in [1.807, 2.05) is 6.07 Å². The lowest BCUT2D eigenvalue weighted by atomic mass is 10.1. The molecule has 0 unspecified atom stereocenters. The fourth-order valence-electron chi connectivity index (χ4n) is 1.96. The Morgan fingerprint density at radius 2 is 2.05 bits per heavy atom. The fraction of sp³-hybridized carbons (Fsp3) is 0.188. The monoisotopic (exact) mass is 351 g/mol. The molecule has 5 heteroatoms. The summed E-state index contributed by atoms with van der Waals surface area (Å²) in [5.74, 6) is -0.525. The summed E-state index contributed by atoms with van der Waals surface area (Å²) in [5, 5.41) is 2.79. The van der Waals surface area contributed by atoms with Crippen molar-refractivity contribution in [3.8, 4) is 0 Å². The predicted octanol–water partition coefficient (Wildman–Crippen LogP) is 3.71. The number of hydrogen-bond acceptors (Lipinski definition) is 2. The number of methoxy groups -OCH3 is 1. The van der Waals surface area contributed by atoms with Crippen LogP contribution in [0.25, 0.3) is 0 Å². The highest BCUT2D eigenvalue weighted by molar-refractivity contribution is 9.10. The minimum atomic E-state index is -0.392. The van der Waals surface area contributed by atoms with E-state index in [0.717, 1.165) is 4.47 Å². The Labute approximate surface area is 131 Å². The van der Waals surface area contributed by atoms with Crippen molar-refractivity contribution in [2.75, 3.05) is 13.7 Å². The molecule has 2 rings (SSSR count). The van der Waals surface area contributed by atoms with E-state index in [9.17, 15) is 9.18 Å². The van der Waals surface area contributed by atoms with Crippen LogP contribution in [0, 0.1) is 5.82 Å². The first-order valence-electron chi connectivity index (χ1n) is 6.42. The molecule has 0 heterocycles. The molecule has 0 bridgehead atoms. The van der Waals surface area contributed by atoms with E-state index >= 15 is 0 Å². The summed E-state index contributed by atoms with van der Waals surface area (Å²) < 4.78 is 19.4. The SMILES string of the molecule is CO[C@@H](CNC(=O)c1cccc(Br)c1)c1cccc(F)c1. The van der Waals surface area contributed by atoms with E-state index in [1.165, 1.54) is 19.2 Å². The second-order valence-corrected chi connectivity index (χ2v) is 5.42. The van der Waals surface area contributed by atoms with Crippen LogP contribution >= 0.6 is 15.9 Å². The van der Waals surface area contributed by atoms with Crippen LogP contribution in [0.3, 0.4) is 0 Å². The summed E-state index contributed by atoms with van der Waals surface area (Å²) >= 11 is 3.32. The molecule has 2 aromatic carbocycles. The van der Waals surface area contributed by atoms with Crippen LogP contribution in [-0.4, -0.2) is 19.6 Å². The first-order chi connectivity index (χ1) is 10.1. The standard InChI is InChI=1S/C16H15BrFNO2/c1-21-15(11-4-3-7-14(18)9-11)10-19-16(20)12-5-2-6-13(17)8-12/h2-9,15H,10H2,1H3,(H,19,20)/t15-/m0/s1. The lowest BCUT2D eigenvalue weighted by Crippen LogP contribution is -2.29. The third-order valence-electron chi connectivity index (χ3n) is 3.04. The first-order valence-corrected chi connectivity index (χ1v) is 7.21. The summed E-state index contributed by atoms with van der Waals surface area (Å²) in [6.07, 6.45) is -0.392. The summed E-state index contributed by atoms with van der Waals surface area (Å²) in [6.45, 7) is 0.269. The highest BCUT2D eigenvalue weighted by Gasteiger charge is 2.13. The molecule has 21 heavy (non-hydrogen) atoms. The van der Waals surface area contributed by atoms with Crippen LogP contribution < -0.4 is 5.32 Å². The number of benzene rings is 2. The van der Waals surface area contributed by atoms with Gasteiger partial charge in [0.05, 0.1) is 6.10 Å². The molecule has 0 spiro atoms. The maximum absolute atomic E-state index is 13.2. The van der Waals surface area contributed by atoms with Crippen LogP contribution in [-0.2, 0) is 4.74 Å². The smallest absolute Gasteiger partial charge is 0.251 e. The molecule has 110 valence electrons. The quantitative estimate of drug-likeness (QED) is 0.891. The minimum Gasteiger partial charge on any atom is -0.375 e. The van der Waals surface area contributed by atoms with Crippen molar-refractivity contribution >= 4 is 21.8 Å². The Morgan fingerprint density at radius 3 is 2.71 bits per heavy atom. The van der Waals surface area contributed by atoms with E-state index in [2.05, 4.69) is 21.2 Å². The highest BCUT2D eigenvalue weighted by atomic mass is 79.9. The average molecular weight is 352 g/mol. The lowest BCUT2D eigenvalue weighted by Gasteiger charge is -2.16. The first kappa shape index (κ1) is 15.7. The van der Waals surface area contributed by atoms with Gasteiger partial charge in [-0.1, -0.05) is 34.1 Å². The van der Waals surface area contributed by atoms with Crippen LogP contribution in [0.15, 0.2) is 53.0 Å². The number of rotatable bonds is 5. The molecule has 0 aliphatic rings. The molecule has 0 fully saturated rings. The Kier molecular flexibility index (Phi) is 5.47. The molecule has 0 saturated heterocycles. The van der Waals surface area contributed by atoms with Gasteiger partial charge in [-0.15, -0.1) is 0 Å². The summed E-state index contributed by atoms with van der Waals surface area (Å²) in [4.78, 5) is 12.1. The van der Waals surface area contributed by atoms with Crippen LogP contribution in [0.2, 0.25) is 0 Å². The molecule has 1 amide bonds. The molecule has 0 saturated carbocycles. The number of carbonyl (C=O) groups is 1. The zero-order valence-corrected chi connectivity index (χ0v) is 13.1. The Hall–Kier alpha value is -1.72. The van der Waals surface area contributed by atoms with Crippen molar-refractivity contribution in [3.63, 3.8) is 0 Å². The van der Waals surface area contributed by atoms with E-state index in [4.69, 9.17) is 4.74 Å². The molecule has 0 aliphatic heterocycles. The number of hydrogen-bond donors (Lipinski definition) is 1. The maximum atomic E-state index is 13.2. The van der Waals surface area contributed by atoms with Crippen molar-refractivity contribution in [2.24, 2.45) is 0 Å². The summed E-state index contributed by atoms with van der Waals surface area (Å²) in [7, 11) is 1.53. The van der Waals surface area contributed by atoms with Crippen molar-refractivity contribution < 1.29 is 13.9 Å². The van der Waals surface area contributed by atoms with Crippen LogP contribution in [0.4, 0.5) is 4.39 Å². The molecule has 2 aromatic rings. The second kappa shape index (κ2) is 7.33. The van der Waals surface area contributed by atoms with Gasteiger partial charge in [0.25, 0.3) is 5.91 Å². The molecule has 1 atom stereocenters. The Balaban J connectivity index is 2.02. The van der Waals surface area contributed by atoms with Crippen molar-refractivity contribution in [2.45, 2.75) is 6.10 Å². The Bertz CT molecular complexity index is 633. The summed E-state index contributed by atoms with van der Waals surface area (Å²) in [5.41, 5.74) is 1.24. The van der Waals surface area contributed by atoms with Crippen LogP contribution in [0.5, 0.6) is 0 Å². The van der Waals surface area contributed by atoms with Gasteiger partial charge in [0.1, 0.15) is 5.82 Å².